The fraction of sp³-hybridized carbons (Fsp3) is 0.500. The molecule has 7 heavy (non-hydrogen) atoms. The van der Waals surface area contributed by atoms with Gasteiger partial charge in [0.05, 0.1) is 0 Å². The molecule has 0 aliphatic heterocycles. The molecule has 0 bridgehead atoms. The molecule has 0 fully saturated rings. The van der Waals surface area contributed by atoms with Gasteiger partial charge >= 0.3 is 76.2 Å². The van der Waals surface area contributed by atoms with Gasteiger partial charge in [-0.05, 0) is 0 Å². The molecule has 0 heterocycles. The Kier molecular flexibility index (Phi) is 24.0. The van der Waals surface area contributed by atoms with Crippen LogP contribution in [0.25, 0.3) is 0 Å². The Labute approximate surface area is 96.1 Å². The average molecular weight is 124 g/mol. The van der Waals surface area contributed by atoms with Crippen LogP contribution in [-0.4, -0.2) is 93.0 Å². The number of hydrogen-bond acceptors (Lipinski definition) is 2. The van der Waals surface area contributed by atoms with E-state index in [0.717, 1.165) is 0 Å². The van der Waals surface area contributed by atoms with Crippen LogP contribution in [-0.2, 0) is 4.79 Å². The third-order valence-corrected chi connectivity index (χ3v) is 0.135. The van der Waals surface area contributed by atoms with Crippen molar-refractivity contribution in [3.63, 3.8) is 0 Å². The van der Waals surface area contributed by atoms with Gasteiger partial charge in [-0.25, -0.2) is 4.79 Å². The van der Waals surface area contributed by atoms with E-state index >= 15 is 0 Å². The minimum absolute atomic E-state index is 0. The van der Waals surface area contributed by atoms with E-state index in [9.17, 15) is 0 Å². The molecular formula is C2H6KLiO3. The van der Waals surface area contributed by atoms with Crippen molar-refractivity contribution in [3.05, 3.63) is 0 Å². The van der Waals surface area contributed by atoms with Gasteiger partial charge < -0.3 is 10.2 Å². The average Bonchev–Trinajstić information content (AvgIpc) is 1.38. The van der Waals surface area contributed by atoms with Crippen molar-refractivity contribution in [2.75, 3.05) is 6.61 Å². The number of carboxylic acids is 1. The topological polar surface area (TPSA) is 57.5 Å². The van der Waals surface area contributed by atoms with E-state index in [1.807, 2.05) is 0 Å². The van der Waals surface area contributed by atoms with E-state index in [-0.39, 0.29) is 70.2 Å². The molecule has 0 aromatic heterocycles. The molecule has 34 valence electrons. The number of hydrogen-bond donors (Lipinski definition) is 2. The van der Waals surface area contributed by atoms with Crippen molar-refractivity contribution in [2.45, 2.75) is 0 Å². The van der Waals surface area contributed by atoms with E-state index in [1.165, 1.54) is 0 Å². The summed E-state index contributed by atoms with van der Waals surface area (Å²) in [5, 5.41) is 15.0. The van der Waals surface area contributed by atoms with Gasteiger partial charge in [0.2, 0.25) is 0 Å². The predicted octanol–water partition coefficient (Wildman–Crippen LogP) is -2.23. The molecule has 0 aromatic rings. The Morgan fingerprint density at radius 2 is 1.71 bits per heavy atom. The van der Waals surface area contributed by atoms with Crippen molar-refractivity contribution < 1.29 is 15.0 Å². The van der Waals surface area contributed by atoms with E-state index in [0.29, 0.717) is 0 Å². The molecule has 2 N–H and O–H groups in total. The van der Waals surface area contributed by atoms with Crippen molar-refractivity contribution >= 4 is 76.2 Å². The monoisotopic (exact) mass is 124 g/mol. The fourth-order valence-electron chi connectivity index (χ4n) is 0. The van der Waals surface area contributed by atoms with E-state index in [2.05, 4.69) is 0 Å². The van der Waals surface area contributed by atoms with Crippen LogP contribution < -0.4 is 0 Å². The summed E-state index contributed by atoms with van der Waals surface area (Å²) in [4.78, 5) is 9.12. The summed E-state index contributed by atoms with van der Waals surface area (Å²) in [6.45, 7) is -0.778. The summed E-state index contributed by atoms with van der Waals surface area (Å²) in [5.41, 5.74) is 0. The molecule has 0 aliphatic rings. The molecule has 3 nitrogen and oxygen atoms in total. The van der Waals surface area contributed by atoms with Crippen LogP contribution in [0.4, 0.5) is 0 Å². The first-order valence-corrected chi connectivity index (χ1v) is 1.10. The quantitative estimate of drug-likeness (QED) is 0.389. The SMILES string of the molecule is O=C(O)CO.[KH].[LiH]. The first kappa shape index (κ1) is 15.9. The first-order valence-electron chi connectivity index (χ1n) is 1.10. The molecule has 5 heteroatoms. The van der Waals surface area contributed by atoms with E-state index in [4.69, 9.17) is 15.0 Å². The number of carboxylic acid groups (broad SMARTS) is 1. The fourth-order valence-corrected chi connectivity index (χ4v) is 0. The van der Waals surface area contributed by atoms with Crippen molar-refractivity contribution in [1.29, 1.82) is 0 Å². The van der Waals surface area contributed by atoms with Crippen LogP contribution in [0.5, 0.6) is 0 Å². The number of carbonyl (C=O) groups is 1. The summed E-state index contributed by atoms with van der Waals surface area (Å²) in [6.07, 6.45) is 0. The van der Waals surface area contributed by atoms with Crippen LogP contribution in [0.1, 0.15) is 0 Å². The van der Waals surface area contributed by atoms with Crippen molar-refractivity contribution in [1.82, 2.24) is 0 Å². The van der Waals surface area contributed by atoms with Gasteiger partial charge in [-0.1, -0.05) is 0 Å². The molecular weight excluding hydrogens is 118 g/mol. The molecule has 0 saturated heterocycles. The Bertz CT molecular complexity index is 48.2. The van der Waals surface area contributed by atoms with Gasteiger partial charge in [-0.2, -0.15) is 0 Å². The van der Waals surface area contributed by atoms with E-state index in [1.54, 1.807) is 0 Å². The zero-order chi connectivity index (χ0) is 4.28. The Balaban J connectivity index is -0.0000000800. The molecule has 0 spiro atoms. The van der Waals surface area contributed by atoms with Crippen LogP contribution in [0.15, 0.2) is 0 Å². The second-order valence-corrected chi connectivity index (χ2v) is 0.552. The van der Waals surface area contributed by atoms with Crippen LogP contribution in [0.2, 0.25) is 0 Å². The van der Waals surface area contributed by atoms with Crippen molar-refractivity contribution in [3.8, 4) is 0 Å². The second-order valence-electron chi connectivity index (χ2n) is 0.552. The van der Waals surface area contributed by atoms with Crippen LogP contribution in [0, 0.1) is 0 Å². The minimum atomic E-state index is -1.19. The molecule has 0 rings (SSSR count). The number of aliphatic hydroxyl groups excluding tert-OH is 1. The maximum absolute atomic E-state index is 9.12. The van der Waals surface area contributed by atoms with Crippen molar-refractivity contribution in [2.24, 2.45) is 0 Å². The van der Waals surface area contributed by atoms with E-state index < -0.39 is 12.6 Å². The summed E-state index contributed by atoms with van der Waals surface area (Å²) >= 11 is 0. The van der Waals surface area contributed by atoms with Gasteiger partial charge in [0.15, 0.2) is 0 Å². The molecule has 0 aromatic carbocycles. The second kappa shape index (κ2) is 10.6. The Hall–Kier alpha value is 1.66. The zero-order valence-corrected chi connectivity index (χ0v) is 2.51. The van der Waals surface area contributed by atoms with Crippen LogP contribution in [0.3, 0.4) is 0 Å². The normalized spacial score (nSPS) is 5.29. The third-order valence-electron chi connectivity index (χ3n) is 0.135. The zero-order valence-electron chi connectivity index (χ0n) is 2.51. The molecule has 0 unspecified atom stereocenters. The Morgan fingerprint density at radius 1 is 1.57 bits per heavy atom. The predicted molar refractivity (Wildman–Crippen MR) is 29.0 cm³/mol. The van der Waals surface area contributed by atoms with Gasteiger partial charge in [0.25, 0.3) is 0 Å². The van der Waals surface area contributed by atoms with Gasteiger partial charge in [0, 0.05) is 0 Å². The Morgan fingerprint density at radius 3 is 1.71 bits per heavy atom. The standard InChI is InChI=1S/C2H4O3.K.Li.2H/c3-1-2(4)5;;;;/h3H,1H2,(H,4,5);;;;. The number of rotatable bonds is 1. The summed E-state index contributed by atoms with van der Waals surface area (Å²) in [5.74, 6) is -1.19. The first-order chi connectivity index (χ1) is 2.27. The summed E-state index contributed by atoms with van der Waals surface area (Å²) in [7, 11) is 0. The van der Waals surface area contributed by atoms with Crippen LogP contribution >= 0.6 is 0 Å². The number of aliphatic carboxylic acids is 1. The van der Waals surface area contributed by atoms with Gasteiger partial charge in [-0.15, -0.1) is 0 Å². The van der Waals surface area contributed by atoms with Gasteiger partial charge in [-0.3, -0.25) is 0 Å². The van der Waals surface area contributed by atoms with Gasteiger partial charge in [0.1, 0.15) is 6.61 Å². The molecule has 0 radical (unpaired) electrons. The number of aliphatic hydroxyl groups is 1. The molecule has 0 aliphatic carbocycles. The molecule has 0 saturated carbocycles. The third kappa shape index (κ3) is 18.3. The maximum atomic E-state index is 9.12. The summed E-state index contributed by atoms with van der Waals surface area (Å²) in [6, 6.07) is 0. The summed E-state index contributed by atoms with van der Waals surface area (Å²) < 4.78 is 0. The molecule has 0 atom stereocenters. The molecule has 0 amide bonds.